The van der Waals surface area contributed by atoms with Crippen LogP contribution in [0.3, 0.4) is 0 Å². The van der Waals surface area contributed by atoms with Gasteiger partial charge in [-0.3, -0.25) is 9.69 Å². The molecule has 39 heavy (non-hydrogen) atoms. The number of halogens is 2. The van der Waals surface area contributed by atoms with Gasteiger partial charge in [0.05, 0.1) is 30.5 Å². The Kier molecular flexibility index (Phi) is 8.99. The first-order valence-electron chi connectivity index (χ1n) is 13.1. The molecule has 1 aromatic heterocycles. The third kappa shape index (κ3) is 7.00. The average Bonchev–Trinajstić information content (AvgIpc) is 3.41. The minimum absolute atomic E-state index is 0.111. The predicted octanol–water partition coefficient (Wildman–Crippen LogP) is 6.86. The van der Waals surface area contributed by atoms with E-state index in [-0.39, 0.29) is 23.3 Å². The van der Waals surface area contributed by atoms with Gasteiger partial charge in [-0.1, -0.05) is 56.1 Å². The number of benzene rings is 2. The Morgan fingerprint density at radius 1 is 1.21 bits per heavy atom. The summed E-state index contributed by atoms with van der Waals surface area (Å²) in [6.45, 7) is 7.22. The van der Waals surface area contributed by atoms with Crippen LogP contribution in [0, 0.1) is 22.7 Å². The van der Waals surface area contributed by atoms with Crippen molar-refractivity contribution in [3.63, 3.8) is 0 Å². The first-order chi connectivity index (χ1) is 18.6. The lowest BCUT2D eigenvalue weighted by atomic mass is 9.71. The van der Waals surface area contributed by atoms with Gasteiger partial charge in [-0.2, -0.15) is 5.26 Å². The van der Waals surface area contributed by atoms with Gasteiger partial charge in [0.15, 0.2) is 5.96 Å². The van der Waals surface area contributed by atoms with E-state index >= 15 is 0 Å². The highest BCUT2D eigenvalue weighted by atomic mass is 35.5. The number of nitrogens with two attached hydrogens (primary N) is 1. The van der Waals surface area contributed by atoms with Crippen LogP contribution in [0.15, 0.2) is 66.2 Å². The first kappa shape index (κ1) is 28.7. The Morgan fingerprint density at radius 3 is 2.56 bits per heavy atom. The minimum Gasteiger partial charge on any atom is -0.369 e. The van der Waals surface area contributed by atoms with Crippen LogP contribution in [-0.2, 0) is 6.54 Å². The number of guanidine groups is 1. The Balaban J connectivity index is 1.73. The number of carbonyl (C=O) groups excluding carboxylic acids is 1. The number of rotatable bonds is 6. The molecular formula is C30H34Cl2N6O. The van der Waals surface area contributed by atoms with Gasteiger partial charge >= 0.3 is 0 Å². The topological polar surface area (TPSA) is 100 Å². The Hall–Kier alpha value is -3.34. The molecule has 3 aromatic rings. The van der Waals surface area contributed by atoms with Crippen LogP contribution in [0.2, 0.25) is 10.0 Å². The quantitative estimate of drug-likeness (QED) is 0.261. The second kappa shape index (κ2) is 12.2. The Labute approximate surface area is 240 Å². The minimum atomic E-state index is -0.490. The van der Waals surface area contributed by atoms with E-state index in [1.54, 1.807) is 53.8 Å². The molecule has 2 N–H and O–H groups in total. The highest BCUT2D eigenvalue weighted by molar-refractivity contribution is 6.35. The maximum absolute atomic E-state index is 14.0. The van der Waals surface area contributed by atoms with Gasteiger partial charge in [-0.25, -0.2) is 9.98 Å². The number of nitrogens with zero attached hydrogens (tertiary/aromatic N) is 5. The number of amides is 1. The van der Waals surface area contributed by atoms with E-state index in [9.17, 15) is 10.1 Å². The lowest BCUT2D eigenvalue weighted by Gasteiger charge is -2.40. The molecule has 0 spiro atoms. The van der Waals surface area contributed by atoms with E-state index in [0.717, 1.165) is 31.2 Å². The summed E-state index contributed by atoms with van der Waals surface area (Å²) < 4.78 is 1.89. The molecule has 1 heterocycles. The lowest BCUT2D eigenvalue weighted by Crippen LogP contribution is -2.50. The number of hydrogen-bond acceptors (Lipinski definition) is 4. The molecule has 0 aliphatic heterocycles. The van der Waals surface area contributed by atoms with Gasteiger partial charge < -0.3 is 10.3 Å². The summed E-state index contributed by atoms with van der Waals surface area (Å²) in [6.07, 6.45) is 8.85. The van der Waals surface area contributed by atoms with E-state index in [4.69, 9.17) is 33.9 Å². The van der Waals surface area contributed by atoms with Gasteiger partial charge in [-0.05, 0) is 72.9 Å². The van der Waals surface area contributed by atoms with Crippen molar-refractivity contribution >= 4 is 35.1 Å². The van der Waals surface area contributed by atoms with E-state index in [1.165, 1.54) is 0 Å². The monoisotopic (exact) mass is 564 g/mol. The van der Waals surface area contributed by atoms with Gasteiger partial charge in [0.1, 0.15) is 0 Å². The second-order valence-electron chi connectivity index (χ2n) is 11.2. The molecule has 4 rings (SSSR count). The molecule has 204 valence electrons. The largest absolute Gasteiger partial charge is 0.369 e. The van der Waals surface area contributed by atoms with Crippen molar-refractivity contribution in [3.05, 3.63) is 87.9 Å². The number of hydrogen-bond donors (Lipinski definition) is 1. The summed E-state index contributed by atoms with van der Waals surface area (Å²) in [4.78, 5) is 24.6. The standard InChI is InChI=1S/C30H34Cl2N6O/c1-30(2,3)22-7-10-24(11-8-22)38(28(39)21-6-4-5-20(15-21)17-33)29(34)36-27(18-37-14-13-35-19-37)25-12-9-23(31)16-26(25)32/h4-6,9,12-16,19,22,24,27H,7-8,10-11,18H2,1-3H3,(H2,34,36). The van der Waals surface area contributed by atoms with E-state index in [1.807, 2.05) is 16.8 Å². The second-order valence-corrected chi connectivity index (χ2v) is 12.0. The molecule has 1 amide bonds. The van der Waals surface area contributed by atoms with Crippen molar-refractivity contribution in [1.82, 2.24) is 14.5 Å². The van der Waals surface area contributed by atoms with Crippen LogP contribution in [0.25, 0.3) is 0 Å². The number of aliphatic imine (C=N–C) groups is 1. The third-order valence-electron chi connectivity index (χ3n) is 7.54. The van der Waals surface area contributed by atoms with Crippen molar-refractivity contribution in [2.75, 3.05) is 0 Å². The number of imidazole rings is 1. The van der Waals surface area contributed by atoms with Gasteiger partial charge in [0.2, 0.25) is 0 Å². The van der Waals surface area contributed by atoms with E-state index in [0.29, 0.717) is 33.6 Å². The molecule has 1 saturated carbocycles. The molecule has 1 atom stereocenters. The summed E-state index contributed by atoms with van der Waals surface area (Å²) in [6, 6.07) is 13.5. The molecule has 1 unspecified atom stereocenters. The highest BCUT2D eigenvalue weighted by Gasteiger charge is 2.36. The average molecular weight is 566 g/mol. The highest BCUT2D eigenvalue weighted by Crippen LogP contribution is 2.39. The van der Waals surface area contributed by atoms with Crippen LogP contribution >= 0.6 is 23.2 Å². The first-order valence-corrected chi connectivity index (χ1v) is 13.9. The predicted molar refractivity (Wildman–Crippen MR) is 156 cm³/mol. The number of aromatic nitrogens is 2. The summed E-state index contributed by atoms with van der Waals surface area (Å²) in [5.41, 5.74) is 8.48. The normalized spacial score (nSPS) is 18.8. The van der Waals surface area contributed by atoms with Gasteiger partial charge in [0.25, 0.3) is 5.91 Å². The molecule has 0 radical (unpaired) electrons. The van der Waals surface area contributed by atoms with Crippen LogP contribution < -0.4 is 5.73 Å². The fraction of sp³-hybridized carbons (Fsp3) is 0.400. The van der Waals surface area contributed by atoms with Crippen molar-refractivity contribution in [2.45, 2.75) is 65.1 Å². The molecule has 1 aliphatic carbocycles. The van der Waals surface area contributed by atoms with E-state index in [2.05, 4.69) is 31.8 Å². The zero-order valence-electron chi connectivity index (χ0n) is 22.5. The Bertz CT molecular complexity index is 1360. The van der Waals surface area contributed by atoms with Crippen LogP contribution in [0.4, 0.5) is 0 Å². The molecule has 2 aromatic carbocycles. The van der Waals surface area contributed by atoms with Crippen molar-refractivity contribution in [1.29, 1.82) is 5.26 Å². The van der Waals surface area contributed by atoms with Gasteiger partial charge in [-0.15, -0.1) is 0 Å². The maximum atomic E-state index is 14.0. The molecule has 1 fully saturated rings. The number of nitriles is 1. The zero-order valence-corrected chi connectivity index (χ0v) is 24.0. The smallest absolute Gasteiger partial charge is 0.260 e. The fourth-order valence-electron chi connectivity index (χ4n) is 5.31. The van der Waals surface area contributed by atoms with Crippen LogP contribution in [-0.4, -0.2) is 32.4 Å². The summed E-state index contributed by atoms with van der Waals surface area (Å²) in [5.74, 6) is 0.418. The number of carbonyl (C=O) groups is 1. The lowest BCUT2D eigenvalue weighted by molar-refractivity contribution is 0.0716. The maximum Gasteiger partial charge on any atom is 0.260 e. The van der Waals surface area contributed by atoms with Crippen molar-refractivity contribution in [3.8, 4) is 6.07 Å². The SMILES string of the molecule is CC(C)(C)C1CCC(N(C(=O)c2cccc(C#N)c2)C(N)=NC(Cn2ccnc2)c2ccc(Cl)cc2Cl)CC1. The summed E-state index contributed by atoms with van der Waals surface area (Å²) in [7, 11) is 0. The van der Waals surface area contributed by atoms with Gasteiger partial charge in [0, 0.05) is 34.0 Å². The van der Waals surface area contributed by atoms with E-state index < -0.39 is 6.04 Å². The zero-order chi connectivity index (χ0) is 28.2. The fourth-order valence-corrected chi connectivity index (χ4v) is 5.85. The van der Waals surface area contributed by atoms with Crippen LogP contribution in [0.5, 0.6) is 0 Å². The van der Waals surface area contributed by atoms with Crippen molar-refractivity contribution < 1.29 is 4.79 Å². The molecule has 1 aliphatic rings. The summed E-state index contributed by atoms with van der Waals surface area (Å²) in [5, 5.41) is 10.4. The van der Waals surface area contributed by atoms with Crippen molar-refractivity contribution in [2.24, 2.45) is 22.1 Å². The third-order valence-corrected chi connectivity index (χ3v) is 8.11. The molecular weight excluding hydrogens is 531 g/mol. The molecule has 0 bridgehead atoms. The van der Waals surface area contributed by atoms with Crippen LogP contribution in [0.1, 0.15) is 74.0 Å². The molecule has 7 nitrogen and oxygen atoms in total. The Morgan fingerprint density at radius 2 is 1.95 bits per heavy atom. The summed E-state index contributed by atoms with van der Waals surface area (Å²) >= 11 is 12.8. The molecule has 9 heteroatoms. The molecule has 0 saturated heterocycles.